The van der Waals surface area contributed by atoms with Crippen molar-refractivity contribution in [1.82, 2.24) is 10.2 Å². The van der Waals surface area contributed by atoms with E-state index in [2.05, 4.69) is 17.1 Å². The van der Waals surface area contributed by atoms with E-state index in [1.165, 1.54) is 26.0 Å². The van der Waals surface area contributed by atoms with E-state index in [-0.39, 0.29) is 10.9 Å². The van der Waals surface area contributed by atoms with E-state index in [4.69, 9.17) is 16.3 Å². The summed E-state index contributed by atoms with van der Waals surface area (Å²) < 4.78 is 30.9. The molecule has 0 saturated carbocycles. The van der Waals surface area contributed by atoms with Crippen LogP contribution in [0.25, 0.3) is 0 Å². The first-order valence-corrected chi connectivity index (χ1v) is 12.2. The average Bonchev–Trinajstić information content (AvgIpc) is 2.65. The van der Waals surface area contributed by atoms with E-state index in [9.17, 15) is 13.2 Å². The van der Waals surface area contributed by atoms with E-state index < -0.39 is 16.1 Å². The highest BCUT2D eigenvalue weighted by Gasteiger charge is 2.29. The number of carbonyl (C=O) groups excluding carboxylic acids is 1. The number of amides is 1. The maximum absolute atomic E-state index is 12.6. The van der Waals surface area contributed by atoms with Gasteiger partial charge >= 0.3 is 0 Å². The Labute approximate surface area is 179 Å². The number of ether oxygens (including phenoxy) is 1. The van der Waals surface area contributed by atoms with E-state index in [0.29, 0.717) is 18.0 Å². The molecule has 0 aromatic heterocycles. The molecule has 1 amide bonds. The third-order valence-corrected chi connectivity index (χ3v) is 6.84. The first-order valence-electron chi connectivity index (χ1n) is 9.96. The van der Waals surface area contributed by atoms with Gasteiger partial charge in [-0.25, -0.2) is 8.42 Å². The van der Waals surface area contributed by atoms with Crippen LogP contribution < -0.4 is 14.4 Å². The molecule has 1 saturated heterocycles. The Hall–Kier alpha value is -1.51. The fourth-order valence-electron chi connectivity index (χ4n) is 3.55. The van der Waals surface area contributed by atoms with Crippen molar-refractivity contribution in [3.05, 3.63) is 23.2 Å². The molecule has 1 aromatic carbocycles. The van der Waals surface area contributed by atoms with Crippen LogP contribution in [0, 0.1) is 5.92 Å². The highest BCUT2D eigenvalue weighted by Crippen LogP contribution is 2.31. The highest BCUT2D eigenvalue weighted by molar-refractivity contribution is 7.92. The molecule has 164 valence electrons. The summed E-state index contributed by atoms with van der Waals surface area (Å²) in [6, 6.07) is 3.75. The number of rotatable bonds is 9. The minimum Gasteiger partial charge on any atom is -0.495 e. The van der Waals surface area contributed by atoms with Gasteiger partial charge in [0.15, 0.2) is 0 Å². The third-order valence-electron chi connectivity index (χ3n) is 5.30. The van der Waals surface area contributed by atoms with Crippen LogP contribution in [0.1, 0.15) is 33.1 Å². The molecule has 2 rings (SSSR count). The molecular formula is C20H32ClN3O4S. The second kappa shape index (κ2) is 10.5. The van der Waals surface area contributed by atoms with Crippen molar-refractivity contribution in [1.29, 1.82) is 0 Å². The number of benzene rings is 1. The largest absolute Gasteiger partial charge is 0.495 e. The van der Waals surface area contributed by atoms with Crippen molar-refractivity contribution < 1.29 is 17.9 Å². The van der Waals surface area contributed by atoms with Crippen LogP contribution in [0.4, 0.5) is 5.69 Å². The van der Waals surface area contributed by atoms with Gasteiger partial charge in [-0.2, -0.15) is 0 Å². The fraction of sp³-hybridized carbons (Fsp3) is 0.650. The Balaban J connectivity index is 1.95. The van der Waals surface area contributed by atoms with Gasteiger partial charge in [0.1, 0.15) is 11.8 Å². The van der Waals surface area contributed by atoms with Gasteiger partial charge in [-0.1, -0.05) is 18.5 Å². The summed E-state index contributed by atoms with van der Waals surface area (Å²) in [7, 11) is -2.20. The Kier molecular flexibility index (Phi) is 8.60. The molecule has 0 unspecified atom stereocenters. The van der Waals surface area contributed by atoms with Crippen LogP contribution in [-0.4, -0.2) is 64.8 Å². The van der Waals surface area contributed by atoms with Crippen LogP contribution in [0.5, 0.6) is 5.75 Å². The third kappa shape index (κ3) is 6.76. The number of nitrogens with one attached hydrogen (secondary N) is 1. The van der Waals surface area contributed by atoms with Crippen molar-refractivity contribution in [2.24, 2.45) is 5.92 Å². The lowest BCUT2D eigenvalue weighted by atomic mass is 9.99. The zero-order valence-electron chi connectivity index (χ0n) is 17.7. The first kappa shape index (κ1) is 23.8. The number of methoxy groups -OCH3 is 1. The molecule has 0 radical (unpaired) electrons. The number of piperidine rings is 1. The van der Waals surface area contributed by atoms with Gasteiger partial charge < -0.3 is 15.0 Å². The second-order valence-electron chi connectivity index (χ2n) is 7.72. The van der Waals surface area contributed by atoms with Gasteiger partial charge in [-0.3, -0.25) is 9.10 Å². The highest BCUT2D eigenvalue weighted by atomic mass is 35.5. The maximum atomic E-state index is 12.6. The summed E-state index contributed by atoms with van der Waals surface area (Å²) in [6.45, 7) is 7.50. The zero-order valence-corrected chi connectivity index (χ0v) is 19.2. The molecule has 1 heterocycles. The lowest BCUT2D eigenvalue weighted by molar-refractivity contribution is -0.121. The maximum Gasteiger partial charge on any atom is 0.243 e. The van der Waals surface area contributed by atoms with Gasteiger partial charge in [0, 0.05) is 6.54 Å². The molecule has 9 heteroatoms. The van der Waals surface area contributed by atoms with Crippen molar-refractivity contribution in [3.63, 3.8) is 0 Å². The second-order valence-corrected chi connectivity index (χ2v) is 9.99. The molecular weight excluding hydrogens is 414 g/mol. The summed E-state index contributed by atoms with van der Waals surface area (Å²) in [4.78, 5) is 15.0. The van der Waals surface area contributed by atoms with Crippen LogP contribution in [0.3, 0.4) is 0 Å². The fourth-order valence-corrected chi connectivity index (χ4v) is 4.97. The van der Waals surface area contributed by atoms with E-state index in [1.807, 2.05) is 0 Å². The molecule has 29 heavy (non-hydrogen) atoms. The van der Waals surface area contributed by atoms with Crippen molar-refractivity contribution in [3.8, 4) is 5.75 Å². The molecule has 1 aliphatic rings. The SMILES string of the molecule is COc1ccc(N([C@H](C)C(=O)NCCCN2CCC(C)CC2)S(C)(=O)=O)cc1Cl. The number of likely N-dealkylation sites (tertiary alicyclic amines) is 1. The molecule has 1 aromatic rings. The summed E-state index contributed by atoms with van der Waals surface area (Å²) >= 11 is 6.14. The molecule has 0 aliphatic carbocycles. The van der Waals surface area contributed by atoms with Crippen LogP contribution in [0.2, 0.25) is 5.02 Å². The molecule has 0 bridgehead atoms. The van der Waals surface area contributed by atoms with E-state index in [1.54, 1.807) is 19.1 Å². The topological polar surface area (TPSA) is 79.0 Å². The molecule has 0 spiro atoms. The van der Waals surface area contributed by atoms with Crippen LogP contribution >= 0.6 is 11.6 Å². The smallest absolute Gasteiger partial charge is 0.243 e. The molecule has 1 aliphatic heterocycles. The van der Waals surface area contributed by atoms with Gasteiger partial charge in [0.25, 0.3) is 0 Å². The number of hydrogen-bond donors (Lipinski definition) is 1. The van der Waals surface area contributed by atoms with E-state index >= 15 is 0 Å². The molecule has 1 atom stereocenters. The Bertz CT molecular complexity index is 795. The Morgan fingerprint density at radius 3 is 2.59 bits per heavy atom. The minimum absolute atomic E-state index is 0.280. The quantitative estimate of drug-likeness (QED) is 0.591. The number of sulfonamides is 1. The number of nitrogens with zero attached hydrogens (tertiary/aromatic N) is 2. The van der Waals surface area contributed by atoms with Gasteiger partial charge in [-0.05, 0) is 69.9 Å². The summed E-state index contributed by atoms with van der Waals surface area (Å²) in [5.41, 5.74) is 0.323. The van der Waals surface area contributed by atoms with Crippen LogP contribution in [0.15, 0.2) is 18.2 Å². The number of halogens is 1. The van der Waals surface area contributed by atoms with Crippen molar-refractivity contribution in [2.45, 2.75) is 39.2 Å². The molecule has 7 nitrogen and oxygen atoms in total. The monoisotopic (exact) mass is 445 g/mol. The predicted molar refractivity (Wildman–Crippen MR) is 117 cm³/mol. The minimum atomic E-state index is -3.69. The van der Waals surface area contributed by atoms with Crippen molar-refractivity contribution in [2.75, 3.05) is 43.8 Å². The zero-order chi connectivity index (χ0) is 21.6. The predicted octanol–water partition coefficient (Wildman–Crippen LogP) is 2.74. The van der Waals surface area contributed by atoms with Gasteiger partial charge in [-0.15, -0.1) is 0 Å². The van der Waals surface area contributed by atoms with Crippen LogP contribution in [-0.2, 0) is 14.8 Å². The Morgan fingerprint density at radius 1 is 1.38 bits per heavy atom. The van der Waals surface area contributed by atoms with E-state index in [0.717, 1.165) is 42.5 Å². The Morgan fingerprint density at radius 2 is 2.03 bits per heavy atom. The number of hydrogen-bond acceptors (Lipinski definition) is 5. The number of anilines is 1. The molecule has 1 N–H and O–H groups in total. The lowest BCUT2D eigenvalue weighted by Crippen LogP contribution is -2.48. The normalized spacial score (nSPS) is 17.0. The summed E-state index contributed by atoms with van der Waals surface area (Å²) in [5.74, 6) is 0.892. The van der Waals surface area contributed by atoms with Gasteiger partial charge in [0.05, 0.1) is 24.1 Å². The summed E-state index contributed by atoms with van der Waals surface area (Å²) in [5, 5.41) is 3.14. The standard InChI is InChI=1S/C20H32ClN3O4S/c1-15-8-12-23(13-9-15)11-5-10-22-20(25)16(2)24(29(4,26)27)17-6-7-19(28-3)18(21)14-17/h6-7,14-16H,5,8-13H2,1-4H3,(H,22,25)/t16-/m1/s1. The average molecular weight is 446 g/mol. The lowest BCUT2D eigenvalue weighted by Gasteiger charge is -2.30. The summed E-state index contributed by atoms with van der Waals surface area (Å²) in [6.07, 6.45) is 4.35. The number of carbonyl (C=O) groups is 1. The van der Waals surface area contributed by atoms with Crippen molar-refractivity contribution >= 4 is 33.2 Å². The first-order chi connectivity index (χ1) is 13.6. The molecule has 1 fully saturated rings. The van der Waals surface area contributed by atoms with Gasteiger partial charge in [0.2, 0.25) is 15.9 Å².